The van der Waals surface area contributed by atoms with Gasteiger partial charge in [0.1, 0.15) is 11.6 Å². The quantitative estimate of drug-likeness (QED) is 0.659. The summed E-state index contributed by atoms with van der Waals surface area (Å²) >= 11 is 0. The van der Waals surface area contributed by atoms with Crippen LogP contribution in [0.4, 0.5) is 10.2 Å². The van der Waals surface area contributed by atoms with E-state index < -0.39 is 21.7 Å². The minimum Gasteiger partial charge on any atom is -0.384 e. The Labute approximate surface area is 174 Å². The summed E-state index contributed by atoms with van der Waals surface area (Å²) < 4.78 is 40.5. The van der Waals surface area contributed by atoms with Crippen molar-refractivity contribution in [1.29, 1.82) is 0 Å². The zero-order valence-corrected chi connectivity index (χ0v) is 17.5. The summed E-state index contributed by atoms with van der Waals surface area (Å²) in [4.78, 5) is 21.2. The molecule has 30 heavy (non-hydrogen) atoms. The monoisotopic (exact) mass is 428 g/mol. The van der Waals surface area contributed by atoms with E-state index in [1.165, 1.54) is 48.5 Å². The fourth-order valence-corrected chi connectivity index (χ4v) is 3.64. The van der Waals surface area contributed by atoms with Crippen LogP contribution in [0.2, 0.25) is 0 Å². The van der Waals surface area contributed by atoms with Crippen LogP contribution in [0.1, 0.15) is 36.8 Å². The maximum atomic E-state index is 13.4. The average Bonchev–Trinajstić information content (AvgIpc) is 2.67. The van der Waals surface area contributed by atoms with E-state index in [0.717, 1.165) is 0 Å². The number of rotatable bonds is 4. The largest absolute Gasteiger partial charge is 0.384 e. The van der Waals surface area contributed by atoms with Crippen molar-refractivity contribution in [3.63, 3.8) is 0 Å². The number of benzene rings is 1. The maximum Gasteiger partial charge on any atom is 0.281 e. The lowest BCUT2D eigenvalue weighted by atomic mass is 9.90. The lowest BCUT2D eigenvalue weighted by Gasteiger charge is -2.20. The molecule has 2 heterocycles. The van der Waals surface area contributed by atoms with Crippen LogP contribution in [0, 0.1) is 5.82 Å². The molecule has 0 aliphatic heterocycles. The van der Waals surface area contributed by atoms with Gasteiger partial charge < -0.3 is 5.73 Å². The number of pyridine rings is 2. The van der Waals surface area contributed by atoms with Crippen LogP contribution >= 0.6 is 0 Å². The van der Waals surface area contributed by atoms with Gasteiger partial charge in [-0.2, -0.15) is 8.42 Å². The molecule has 1 aromatic carbocycles. The Morgan fingerprint density at radius 1 is 1.00 bits per heavy atom. The number of nitrogens with zero attached hydrogens (tertiary/aromatic N) is 2. The molecular formula is C21H21FN4O3S. The molecule has 2 aromatic heterocycles. The predicted molar refractivity (Wildman–Crippen MR) is 112 cm³/mol. The number of nitrogen functional groups attached to an aromatic ring is 1. The van der Waals surface area contributed by atoms with Crippen LogP contribution in [0.25, 0.3) is 11.3 Å². The molecule has 156 valence electrons. The molecule has 1 amide bonds. The molecule has 0 bridgehead atoms. The van der Waals surface area contributed by atoms with Crippen molar-refractivity contribution in [3.05, 3.63) is 71.7 Å². The van der Waals surface area contributed by atoms with Gasteiger partial charge in [0, 0.05) is 16.7 Å². The van der Waals surface area contributed by atoms with Crippen LogP contribution in [0.5, 0.6) is 0 Å². The van der Waals surface area contributed by atoms with Gasteiger partial charge in [-0.25, -0.2) is 14.1 Å². The van der Waals surface area contributed by atoms with Gasteiger partial charge in [-0.1, -0.05) is 26.8 Å². The Kier molecular flexibility index (Phi) is 5.58. The van der Waals surface area contributed by atoms with E-state index in [-0.39, 0.29) is 27.5 Å². The maximum absolute atomic E-state index is 13.4. The van der Waals surface area contributed by atoms with Gasteiger partial charge in [0.2, 0.25) is 0 Å². The second kappa shape index (κ2) is 7.83. The normalized spacial score (nSPS) is 11.9. The molecule has 9 heteroatoms. The number of hydrogen-bond donors (Lipinski definition) is 2. The van der Waals surface area contributed by atoms with Crippen LogP contribution in [0.3, 0.4) is 0 Å². The second-order valence-corrected chi connectivity index (χ2v) is 9.31. The number of nitrogens with one attached hydrogen (secondary N) is 1. The highest BCUT2D eigenvalue weighted by molar-refractivity contribution is 7.90. The summed E-state index contributed by atoms with van der Waals surface area (Å²) in [6.45, 7) is 5.87. The van der Waals surface area contributed by atoms with E-state index in [0.29, 0.717) is 11.3 Å². The number of amides is 1. The minimum absolute atomic E-state index is 0.00789. The second-order valence-electron chi connectivity index (χ2n) is 7.68. The molecule has 3 aromatic rings. The van der Waals surface area contributed by atoms with Crippen LogP contribution in [-0.4, -0.2) is 24.3 Å². The fraction of sp³-hybridized carbons (Fsp3) is 0.190. The Morgan fingerprint density at radius 2 is 1.67 bits per heavy atom. The van der Waals surface area contributed by atoms with Gasteiger partial charge in [0.25, 0.3) is 15.9 Å². The standard InChI is InChI=1S/C21H21FN4O3S/c1-21(2,3)16-12-11-15(19(24-16)13-7-9-14(22)10-8-13)20(27)26-30(28,29)18-6-4-5-17(23)25-18/h4-12H,1-3H3,(H2,23,25)(H,26,27). The molecule has 7 nitrogen and oxygen atoms in total. The van der Waals surface area contributed by atoms with E-state index in [1.807, 2.05) is 25.5 Å². The van der Waals surface area contributed by atoms with Crippen molar-refractivity contribution in [2.75, 3.05) is 5.73 Å². The van der Waals surface area contributed by atoms with Gasteiger partial charge in [-0.05, 0) is 48.5 Å². The van der Waals surface area contributed by atoms with Crippen LogP contribution in [0.15, 0.2) is 59.6 Å². The number of sulfonamides is 1. The smallest absolute Gasteiger partial charge is 0.281 e. The van der Waals surface area contributed by atoms with Gasteiger partial charge in [0.15, 0.2) is 5.03 Å². The summed E-state index contributed by atoms with van der Waals surface area (Å²) in [6.07, 6.45) is 0. The number of nitrogens with two attached hydrogens (primary N) is 1. The number of carbonyl (C=O) groups is 1. The molecule has 0 atom stereocenters. The third kappa shape index (κ3) is 4.62. The van der Waals surface area contributed by atoms with E-state index in [2.05, 4.69) is 9.97 Å². The van der Waals surface area contributed by atoms with Crippen molar-refractivity contribution >= 4 is 21.7 Å². The first-order chi connectivity index (χ1) is 14.0. The zero-order valence-electron chi connectivity index (χ0n) is 16.7. The number of halogens is 1. The SMILES string of the molecule is CC(C)(C)c1ccc(C(=O)NS(=O)(=O)c2cccc(N)n2)c(-c2ccc(F)cc2)n1. The number of hydrogen-bond acceptors (Lipinski definition) is 6. The molecule has 0 aliphatic rings. The molecule has 3 N–H and O–H groups in total. The van der Waals surface area contributed by atoms with Crippen molar-refractivity contribution < 1.29 is 17.6 Å². The third-order valence-corrected chi connectivity index (χ3v) is 5.51. The van der Waals surface area contributed by atoms with Gasteiger partial charge >= 0.3 is 0 Å². The molecule has 0 spiro atoms. The molecule has 0 radical (unpaired) electrons. The minimum atomic E-state index is -4.25. The molecule has 0 saturated heterocycles. The van der Waals surface area contributed by atoms with Crippen LogP contribution < -0.4 is 10.5 Å². The van der Waals surface area contributed by atoms with Crippen LogP contribution in [-0.2, 0) is 15.4 Å². The highest BCUT2D eigenvalue weighted by atomic mass is 32.2. The summed E-state index contributed by atoms with van der Waals surface area (Å²) in [6, 6.07) is 12.7. The molecule has 0 aliphatic carbocycles. The van der Waals surface area contributed by atoms with Gasteiger partial charge in [-0.15, -0.1) is 0 Å². The lowest BCUT2D eigenvalue weighted by molar-refractivity contribution is 0.0981. The number of aromatic nitrogens is 2. The van der Waals surface area contributed by atoms with E-state index in [9.17, 15) is 17.6 Å². The lowest BCUT2D eigenvalue weighted by Crippen LogP contribution is -2.32. The zero-order chi connectivity index (χ0) is 22.1. The molecular weight excluding hydrogens is 407 g/mol. The first-order valence-electron chi connectivity index (χ1n) is 9.04. The summed E-state index contributed by atoms with van der Waals surface area (Å²) in [5, 5.41) is -0.376. The first-order valence-corrected chi connectivity index (χ1v) is 10.5. The highest BCUT2D eigenvalue weighted by Crippen LogP contribution is 2.28. The van der Waals surface area contributed by atoms with E-state index in [4.69, 9.17) is 5.73 Å². The Hall–Kier alpha value is -3.33. The molecule has 0 unspecified atom stereocenters. The summed E-state index contributed by atoms with van der Waals surface area (Å²) in [5.41, 5.74) is 6.67. The Balaban J connectivity index is 2.06. The van der Waals surface area contributed by atoms with Crippen molar-refractivity contribution in [2.45, 2.75) is 31.2 Å². The highest BCUT2D eigenvalue weighted by Gasteiger charge is 2.25. The van der Waals surface area contributed by atoms with E-state index >= 15 is 0 Å². The molecule has 3 rings (SSSR count). The average molecular weight is 428 g/mol. The number of anilines is 1. The fourth-order valence-electron chi connectivity index (χ4n) is 2.70. The first kappa shape index (κ1) is 21.4. The van der Waals surface area contributed by atoms with Crippen molar-refractivity contribution in [1.82, 2.24) is 14.7 Å². The Bertz CT molecular complexity index is 1200. The van der Waals surface area contributed by atoms with Crippen molar-refractivity contribution in [3.8, 4) is 11.3 Å². The molecule has 0 fully saturated rings. The molecule has 0 saturated carbocycles. The third-order valence-electron chi connectivity index (χ3n) is 4.27. The summed E-state index contributed by atoms with van der Waals surface area (Å²) in [7, 11) is -4.25. The number of carbonyl (C=O) groups excluding carboxylic acids is 1. The summed E-state index contributed by atoms with van der Waals surface area (Å²) in [5.74, 6) is -1.31. The van der Waals surface area contributed by atoms with Gasteiger partial charge in [-0.3, -0.25) is 9.78 Å². The van der Waals surface area contributed by atoms with Crippen molar-refractivity contribution in [2.24, 2.45) is 0 Å². The Morgan fingerprint density at radius 3 is 2.27 bits per heavy atom. The van der Waals surface area contributed by atoms with Gasteiger partial charge in [0.05, 0.1) is 11.3 Å². The van der Waals surface area contributed by atoms with E-state index in [1.54, 1.807) is 6.07 Å². The predicted octanol–water partition coefficient (Wildman–Crippen LogP) is 3.28. The topological polar surface area (TPSA) is 115 Å².